The average Bonchev–Trinajstić information content (AvgIpc) is 2.31. The number of aliphatic hydroxyl groups excluding tert-OH is 1. The van der Waals surface area contributed by atoms with Crippen LogP contribution in [-0.2, 0) is 11.3 Å². The second-order valence-corrected chi connectivity index (χ2v) is 3.48. The number of carbonyl (C=O) groups excluding carboxylic acids is 1. The zero-order chi connectivity index (χ0) is 12.8. The van der Waals surface area contributed by atoms with E-state index in [0.717, 1.165) is 0 Å². The molecule has 1 aromatic rings. The Balaban J connectivity index is 2.55. The van der Waals surface area contributed by atoms with Crippen LogP contribution in [0.3, 0.4) is 0 Å². The topological polar surface area (TPSA) is 84.6 Å². The summed E-state index contributed by atoms with van der Waals surface area (Å²) in [7, 11) is 1.38. The fraction of sp³-hybridized carbons (Fsp3) is 0.364. The lowest BCUT2D eigenvalue weighted by molar-refractivity contribution is -0.125. The summed E-state index contributed by atoms with van der Waals surface area (Å²) < 4.78 is 18.5. The van der Waals surface area contributed by atoms with E-state index in [4.69, 9.17) is 15.6 Å². The van der Waals surface area contributed by atoms with E-state index in [1.807, 2.05) is 0 Å². The monoisotopic (exact) mass is 242 g/mol. The molecule has 0 fully saturated rings. The van der Waals surface area contributed by atoms with Gasteiger partial charge in [0, 0.05) is 18.7 Å². The maximum absolute atomic E-state index is 13.6. The normalized spacial score (nSPS) is 12.2. The molecule has 0 aliphatic heterocycles. The first-order valence-corrected chi connectivity index (χ1v) is 5.05. The summed E-state index contributed by atoms with van der Waals surface area (Å²) in [4.78, 5) is 10.5. The predicted molar refractivity (Wildman–Crippen MR) is 59.9 cm³/mol. The summed E-state index contributed by atoms with van der Waals surface area (Å²) in [5.41, 5.74) is 5.26. The Morgan fingerprint density at radius 3 is 2.94 bits per heavy atom. The molecule has 17 heavy (non-hydrogen) atoms. The van der Waals surface area contributed by atoms with Gasteiger partial charge in [-0.15, -0.1) is 0 Å². The van der Waals surface area contributed by atoms with Gasteiger partial charge < -0.3 is 20.9 Å². The quantitative estimate of drug-likeness (QED) is 0.643. The van der Waals surface area contributed by atoms with E-state index in [1.54, 1.807) is 12.1 Å². The molecule has 0 aliphatic carbocycles. The molecule has 0 aromatic heterocycles. The Morgan fingerprint density at radius 1 is 1.65 bits per heavy atom. The van der Waals surface area contributed by atoms with Gasteiger partial charge in [0.25, 0.3) is 0 Å². The number of ether oxygens (including phenoxy) is 1. The van der Waals surface area contributed by atoms with E-state index in [0.29, 0.717) is 5.56 Å². The molecule has 5 nitrogen and oxygen atoms in total. The van der Waals surface area contributed by atoms with Crippen molar-refractivity contribution in [2.75, 3.05) is 13.7 Å². The number of nitrogens with two attached hydrogens (primary N) is 1. The third-order valence-corrected chi connectivity index (χ3v) is 2.24. The largest absolute Gasteiger partial charge is 0.494 e. The van der Waals surface area contributed by atoms with Crippen LogP contribution in [0.1, 0.15) is 5.56 Å². The second-order valence-electron chi connectivity index (χ2n) is 3.48. The van der Waals surface area contributed by atoms with Gasteiger partial charge in [0.1, 0.15) is 6.10 Å². The SMILES string of the molecule is COc1cccc(CNCC(O)C(N)=O)c1F. The van der Waals surface area contributed by atoms with Crippen LogP contribution in [0.4, 0.5) is 4.39 Å². The van der Waals surface area contributed by atoms with Gasteiger partial charge in [0.2, 0.25) is 5.91 Å². The van der Waals surface area contributed by atoms with Crippen LogP contribution in [0.15, 0.2) is 18.2 Å². The lowest BCUT2D eigenvalue weighted by Gasteiger charge is -2.10. The molecule has 1 aromatic carbocycles. The molecule has 1 unspecified atom stereocenters. The second kappa shape index (κ2) is 6.17. The first kappa shape index (κ1) is 13.4. The minimum Gasteiger partial charge on any atom is -0.494 e. The Hall–Kier alpha value is -1.66. The van der Waals surface area contributed by atoms with Crippen LogP contribution in [0.25, 0.3) is 0 Å². The number of amides is 1. The maximum Gasteiger partial charge on any atom is 0.247 e. The van der Waals surface area contributed by atoms with Gasteiger partial charge in [-0.25, -0.2) is 4.39 Å². The van der Waals surface area contributed by atoms with Crippen molar-refractivity contribution in [2.24, 2.45) is 5.73 Å². The number of methoxy groups -OCH3 is 1. The van der Waals surface area contributed by atoms with Crippen LogP contribution in [0.5, 0.6) is 5.75 Å². The minimum atomic E-state index is -1.27. The van der Waals surface area contributed by atoms with Crippen LogP contribution in [0.2, 0.25) is 0 Å². The lowest BCUT2D eigenvalue weighted by Crippen LogP contribution is -2.37. The van der Waals surface area contributed by atoms with Crippen molar-refractivity contribution >= 4 is 5.91 Å². The highest BCUT2D eigenvalue weighted by molar-refractivity contribution is 5.78. The zero-order valence-corrected chi connectivity index (χ0v) is 9.44. The van der Waals surface area contributed by atoms with Crippen molar-refractivity contribution in [3.05, 3.63) is 29.6 Å². The number of aliphatic hydroxyl groups is 1. The third-order valence-electron chi connectivity index (χ3n) is 2.24. The fourth-order valence-corrected chi connectivity index (χ4v) is 1.29. The number of rotatable bonds is 6. The van der Waals surface area contributed by atoms with E-state index in [-0.39, 0.29) is 18.8 Å². The van der Waals surface area contributed by atoms with E-state index >= 15 is 0 Å². The van der Waals surface area contributed by atoms with Crippen molar-refractivity contribution in [2.45, 2.75) is 12.6 Å². The maximum atomic E-state index is 13.6. The number of carbonyl (C=O) groups is 1. The first-order valence-electron chi connectivity index (χ1n) is 5.05. The Kier molecular flexibility index (Phi) is 4.86. The molecule has 1 atom stereocenters. The molecular formula is C11H15FN2O3. The fourth-order valence-electron chi connectivity index (χ4n) is 1.29. The van der Waals surface area contributed by atoms with Crippen molar-refractivity contribution in [1.82, 2.24) is 5.32 Å². The molecule has 6 heteroatoms. The molecule has 1 rings (SSSR count). The molecule has 0 bridgehead atoms. The molecule has 4 N–H and O–H groups in total. The van der Waals surface area contributed by atoms with Gasteiger partial charge in [0.15, 0.2) is 11.6 Å². The molecule has 0 heterocycles. The summed E-state index contributed by atoms with van der Waals surface area (Å²) in [5, 5.41) is 11.8. The highest BCUT2D eigenvalue weighted by Gasteiger charge is 2.11. The van der Waals surface area contributed by atoms with Gasteiger partial charge >= 0.3 is 0 Å². The van der Waals surface area contributed by atoms with Crippen LogP contribution >= 0.6 is 0 Å². The van der Waals surface area contributed by atoms with Crippen molar-refractivity contribution in [1.29, 1.82) is 0 Å². The number of hydrogen-bond acceptors (Lipinski definition) is 4. The third kappa shape index (κ3) is 3.69. The van der Waals surface area contributed by atoms with Crippen LogP contribution in [-0.4, -0.2) is 30.8 Å². The highest BCUT2D eigenvalue weighted by atomic mass is 19.1. The lowest BCUT2D eigenvalue weighted by atomic mass is 10.2. The average molecular weight is 242 g/mol. The summed E-state index contributed by atoms with van der Waals surface area (Å²) in [6.45, 7) is 0.152. The van der Waals surface area contributed by atoms with Crippen molar-refractivity contribution in [3.8, 4) is 5.75 Å². The number of nitrogens with one attached hydrogen (secondary N) is 1. The van der Waals surface area contributed by atoms with Crippen LogP contribution < -0.4 is 15.8 Å². The summed E-state index contributed by atoms with van der Waals surface area (Å²) in [6.07, 6.45) is -1.27. The Labute approximate surface area is 98.4 Å². The minimum absolute atomic E-state index is 0.0218. The number of primary amides is 1. The smallest absolute Gasteiger partial charge is 0.247 e. The molecule has 0 saturated carbocycles. The standard InChI is InChI=1S/C11H15FN2O3/c1-17-9-4-2-3-7(10(9)12)5-14-6-8(15)11(13)16/h2-4,8,14-15H,5-6H2,1H3,(H2,13,16). The van der Waals surface area contributed by atoms with E-state index in [9.17, 15) is 9.18 Å². The van der Waals surface area contributed by atoms with Gasteiger partial charge in [-0.05, 0) is 6.07 Å². The summed E-state index contributed by atoms with van der Waals surface area (Å²) in [5.74, 6) is -1.13. The Bertz CT molecular complexity index is 398. The number of benzene rings is 1. The van der Waals surface area contributed by atoms with E-state index in [1.165, 1.54) is 13.2 Å². The van der Waals surface area contributed by atoms with E-state index < -0.39 is 17.8 Å². The molecule has 94 valence electrons. The molecule has 0 radical (unpaired) electrons. The van der Waals surface area contributed by atoms with Gasteiger partial charge in [-0.1, -0.05) is 12.1 Å². The molecule has 0 spiro atoms. The van der Waals surface area contributed by atoms with Crippen molar-refractivity contribution < 1.29 is 19.0 Å². The van der Waals surface area contributed by atoms with Gasteiger partial charge in [-0.2, -0.15) is 0 Å². The molecule has 1 amide bonds. The summed E-state index contributed by atoms with van der Waals surface area (Å²) >= 11 is 0. The molecule has 0 aliphatic rings. The molecule has 0 saturated heterocycles. The first-order chi connectivity index (χ1) is 8.06. The van der Waals surface area contributed by atoms with Gasteiger partial charge in [-0.3, -0.25) is 4.79 Å². The van der Waals surface area contributed by atoms with E-state index in [2.05, 4.69) is 5.32 Å². The summed E-state index contributed by atoms with van der Waals surface area (Å²) in [6, 6.07) is 4.75. The van der Waals surface area contributed by atoms with Gasteiger partial charge in [0.05, 0.1) is 7.11 Å². The van der Waals surface area contributed by atoms with Crippen molar-refractivity contribution in [3.63, 3.8) is 0 Å². The molecular weight excluding hydrogens is 227 g/mol. The number of hydrogen-bond donors (Lipinski definition) is 3. The highest BCUT2D eigenvalue weighted by Crippen LogP contribution is 2.19. The zero-order valence-electron chi connectivity index (χ0n) is 9.44. The number of halogens is 1. The predicted octanol–water partition coefficient (Wildman–Crippen LogP) is -0.230. The Morgan fingerprint density at radius 2 is 2.35 bits per heavy atom. The van der Waals surface area contributed by atoms with Crippen LogP contribution in [0, 0.1) is 5.82 Å².